The van der Waals surface area contributed by atoms with Gasteiger partial charge in [0.2, 0.25) is 0 Å². The molecule has 0 aromatic heterocycles. The molecule has 0 saturated carbocycles. The average Bonchev–Trinajstić information content (AvgIpc) is 1.87. The summed E-state index contributed by atoms with van der Waals surface area (Å²) in [7, 11) is 3.19. The number of rotatable bonds is 1. The van der Waals surface area contributed by atoms with E-state index in [1.807, 2.05) is 0 Å². The Kier molecular flexibility index (Phi) is 3.25. The number of urea groups is 1. The molecule has 9 heavy (non-hydrogen) atoms. The van der Waals surface area contributed by atoms with E-state index in [4.69, 9.17) is 0 Å². The second-order valence-electron chi connectivity index (χ2n) is 1.50. The smallest absolute Gasteiger partial charge is 0.321 e. The fourth-order valence-corrected chi connectivity index (χ4v) is 0.372. The van der Waals surface area contributed by atoms with E-state index in [1.54, 1.807) is 14.1 Å². The minimum atomic E-state index is -0.175. The van der Waals surface area contributed by atoms with Crippen LogP contribution in [0.5, 0.6) is 0 Å². The Morgan fingerprint density at radius 2 is 2.44 bits per heavy atom. The van der Waals surface area contributed by atoms with E-state index in [0.29, 0.717) is 0 Å². The lowest BCUT2D eigenvalue weighted by atomic mass is 10.7. The van der Waals surface area contributed by atoms with Crippen LogP contribution in [0.25, 0.3) is 0 Å². The highest BCUT2D eigenvalue weighted by Crippen LogP contribution is 1.80. The van der Waals surface area contributed by atoms with Gasteiger partial charge in [0.05, 0.1) is 6.20 Å². The fourth-order valence-electron chi connectivity index (χ4n) is 0.372. The van der Waals surface area contributed by atoms with Gasteiger partial charge in [0.15, 0.2) is 0 Å². The van der Waals surface area contributed by atoms with Crippen molar-refractivity contribution in [2.24, 2.45) is 0 Å². The van der Waals surface area contributed by atoms with Gasteiger partial charge in [-0.15, -0.1) is 5.73 Å². The molecule has 0 fully saturated rings. The number of carbonyl (C=O) groups excluding carboxylic acids is 1. The van der Waals surface area contributed by atoms with Gasteiger partial charge in [0.1, 0.15) is 0 Å². The first-order valence-corrected chi connectivity index (χ1v) is 2.53. The molecule has 0 bridgehead atoms. The van der Waals surface area contributed by atoms with Crippen LogP contribution in [-0.4, -0.2) is 25.0 Å². The van der Waals surface area contributed by atoms with E-state index in [1.165, 1.54) is 11.1 Å². The molecule has 0 aliphatic rings. The molecule has 0 rings (SSSR count). The molecule has 0 aromatic rings. The molecule has 0 atom stereocenters. The molecular weight excluding hydrogens is 116 g/mol. The summed E-state index contributed by atoms with van der Waals surface area (Å²) in [6, 6.07) is -0.175. The summed E-state index contributed by atoms with van der Waals surface area (Å²) in [5.41, 5.74) is 2.47. The molecule has 0 spiro atoms. The van der Waals surface area contributed by atoms with Crippen LogP contribution in [0.15, 0.2) is 18.5 Å². The van der Waals surface area contributed by atoms with Crippen molar-refractivity contribution in [3.63, 3.8) is 0 Å². The molecule has 0 saturated heterocycles. The fraction of sp³-hybridized carbons (Fsp3) is 0.333. The number of hydrogen-bond acceptors (Lipinski definition) is 1. The standard InChI is InChI=1S/C6H10N2O/c1-4-5-8(3)6(9)7-2/h5H,1H2,2-3H3,(H,7,9). The number of nitrogens with zero attached hydrogens (tertiary/aromatic N) is 1. The van der Waals surface area contributed by atoms with Crippen LogP contribution in [0.2, 0.25) is 0 Å². The first-order valence-electron chi connectivity index (χ1n) is 2.53. The van der Waals surface area contributed by atoms with Crippen molar-refractivity contribution < 1.29 is 4.79 Å². The summed E-state index contributed by atoms with van der Waals surface area (Å²) in [5, 5.41) is 2.44. The monoisotopic (exact) mass is 126 g/mol. The van der Waals surface area contributed by atoms with E-state index in [9.17, 15) is 4.79 Å². The normalized spacial score (nSPS) is 7.33. The third-order valence-electron chi connectivity index (χ3n) is 0.819. The first-order chi connectivity index (χ1) is 4.22. The SMILES string of the molecule is C=C=CN(C)C(=O)NC. The largest absolute Gasteiger partial charge is 0.341 e. The van der Waals surface area contributed by atoms with E-state index in [2.05, 4.69) is 17.6 Å². The summed E-state index contributed by atoms with van der Waals surface area (Å²) >= 11 is 0. The van der Waals surface area contributed by atoms with Crippen LogP contribution >= 0.6 is 0 Å². The second kappa shape index (κ2) is 3.75. The minimum absolute atomic E-state index is 0.175. The molecule has 2 amide bonds. The van der Waals surface area contributed by atoms with Gasteiger partial charge in [0, 0.05) is 14.1 Å². The summed E-state index contributed by atoms with van der Waals surface area (Å²) in [5.74, 6) is 0. The highest BCUT2D eigenvalue weighted by molar-refractivity contribution is 5.74. The zero-order valence-corrected chi connectivity index (χ0v) is 5.64. The number of nitrogens with one attached hydrogen (secondary N) is 1. The molecule has 0 aliphatic heterocycles. The molecule has 0 radical (unpaired) electrons. The lowest BCUT2D eigenvalue weighted by molar-refractivity contribution is 0.224. The van der Waals surface area contributed by atoms with Crippen molar-refractivity contribution >= 4 is 6.03 Å². The summed E-state index contributed by atoms with van der Waals surface area (Å²) in [6.45, 7) is 3.32. The van der Waals surface area contributed by atoms with Gasteiger partial charge < -0.3 is 5.32 Å². The Morgan fingerprint density at radius 3 is 2.78 bits per heavy atom. The highest BCUT2D eigenvalue weighted by Gasteiger charge is 1.97. The van der Waals surface area contributed by atoms with Crippen molar-refractivity contribution in [2.75, 3.05) is 14.1 Å². The molecule has 0 aliphatic carbocycles. The Balaban J connectivity index is 3.87. The maximum Gasteiger partial charge on any atom is 0.321 e. The summed E-state index contributed by atoms with van der Waals surface area (Å²) in [6.07, 6.45) is 1.46. The molecule has 3 nitrogen and oxygen atoms in total. The van der Waals surface area contributed by atoms with Crippen molar-refractivity contribution in [1.29, 1.82) is 0 Å². The van der Waals surface area contributed by atoms with Gasteiger partial charge in [-0.05, 0) is 0 Å². The van der Waals surface area contributed by atoms with Crippen LogP contribution in [-0.2, 0) is 0 Å². The Labute approximate surface area is 54.7 Å². The summed E-state index contributed by atoms with van der Waals surface area (Å²) in [4.78, 5) is 12.0. The summed E-state index contributed by atoms with van der Waals surface area (Å²) < 4.78 is 0. The number of hydrogen-bond donors (Lipinski definition) is 1. The molecular formula is C6H10N2O. The van der Waals surface area contributed by atoms with Crippen molar-refractivity contribution in [3.05, 3.63) is 18.5 Å². The topological polar surface area (TPSA) is 32.3 Å². The Hall–Kier alpha value is -1.21. The predicted octanol–water partition coefficient (Wildman–Crippen LogP) is 0.556. The van der Waals surface area contributed by atoms with Gasteiger partial charge in [-0.2, -0.15) is 0 Å². The highest BCUT2D eigenvalue weighted by atomic mass is 16.2. The maximum atomic E-state index is 10.6. The Bertz CT molecular complexity index is 147. The van der Waals surface area contributed by atoms with Crippen molar-refractivity contribution in [2.45, 2.75) is 0 Å². The van der Waals surface area contributed by atoms with Crippen LogP contribution in [0.1, 0.15) is 0 Å². The van der Waals surface area contributed by atoms with Crippen molar-refractivity contribution in [1.82, 2.24) is 10.2 Å². The molecule has 0 aromatic carbocycles. The van der Waals surface area contributed by atoms with Crippen LogP contribution in [0.4, 0.5) is 4.79 Å². The zero-order chi connectivity index (χ0) is 7.28. The van der Waals surface area contributed by atoms with Gasteiger partial charge in [0.25, 0.3) is 0 Å². The predicted molar refractivity (Wildman–Crippen MR) is 35.9 cm³/mol. The van der Waals surface area contributed by atoms with E-state index in [-0.39, 0.29) is 6.03 Å². The molecule has 1 N–H and O–H groups in total. The van der Waals surface area contributed by atoms with Gasteiger partial charge in [-0.25, -0.2) is 4.79 Å². The quantitative estimate of drug-likeness (QED) is 0.511. The zero-order valence-electron chi connectivity index (χ0n) is 5.64. The van der Waals surface area contributed by atoms with E-state index < -0.39 is 0 Å². The van der Waals surface area contributed by atoms with Crippen LogP contribution in [0.3, 0.4) is 0 Å². The average molecular weight is 126 g/mol. The van der Waals surface area contributed by atoms with E-state index in [0.717, 1.165) is 0 Å². The molecule has 0 unspecified atom stereocenters. The van der Waals surface area contributed by atoms with Gasteiger partial charge >= 0.3 is 6.03 Å². The van der Waals surface area contributed by atoms with Gasteiger partial charge in [-0.1, -0.05) is 6.58 Å². The van der Waals surface area contributed by atoms with Crippen LogP contribution < -0.4 is 5.32 Å². The molecule has 0 heterocycles. The van der Waals surface area contributed by atoms with Crippen molar-refractivity contribution in [3.8, 4) is 0 Å². The van der Waals surface area contributed by atoms with E-state index >= 15 is 0 Å². The third kappa shape index (κ3) is 2.57. The lowest BCUT2D eigenvalue weighted by Gasteiger charge is -2.07. The van der Waals surface area contributed by atoms with Crippen LogP contribution in [0, 0.1) is 0 Å². The van der Waals surface area contributed by atoms with Gasteiger partial charge in [-0.3, -0.25) is 4.90 Å². The number of amides is 2. The Morgan fingerprint density at radius 1 is 1.89 bits per heavy atom. The first kappa shape index (κ1) is 7.79. The second-order valence-corrected chi connectivity index (χ2v) is 1.50. The maximum absolute atomic E-state index is 10.6. The molecule has 50 valence electrons. The number of carbonyl (C=O) groups is 1. The third-order valence-corrected chi connectivity index (χ3v) is 0.819. The molecule has 3 heteroatoms. The lowest BCUT2D eigenvalue weighted by Crippen LogP contribution is -2.30. The minimum Gasteiger partial charge on any atom is -0.341 e.